The lowest BCUT2D eigenvalue weighted by molar-refractivity contribution is -0.148. The van der Waals surface area contributed by atoms with Crippen LogP contribution in [0, 0.1) is 5.41 Å². The van der Waals surface area contributed by atoms with E-state index in [1.165, 1.54) is 0 Å². The number of hydrogen-bond acceptors (Lipinski definition) is 4. The number of fused-ring (bicyclic) bond motifs is 1. The number of carbonyl (C=O) groups is 2. The standard InChI is InChI=1S/C23H33N3O3/c1-2-24-12-9-23(22(28)26-14-16-29-17-15-26)10-13-25(11-8-20(23)24)21(27)18-19-6-4-3-5-7-19/h3-7,20H,2,8-18H2,1H3/t20-,23-/m0/s1. The van der Waals surface area contributed by atoms with E-state index in [-0.39, 0.29) is 17.4 Å². The third kappa shape index (κ3) is 4.05. The number of rotatable bonds is 4. The Kier molecular flexibility index (Phi) is 6.20. The van der Waals surface area contributed by atoms with Crippen LogP contribution in [0.15, 0.2) is 30.3 Å². The molecule has 0 N–H and O–H groups in total. The zero-order valence-corrected chi connectivity index (χ0v) is 17.5. The summed E-state index contributed by atoms with van der Waals surface area (Å²) in [6, 6.07) is 10.2. The lowest BCUT2D eigenvalue weighted by atomic mass is 9.75. The average molecular weight is 400 g/mol. The van der Waals surface area contributed by atoms with Gasteiger partial charge in [0.1, 0.15) is 0 Å². The van der Waals surface area contributed by atoms with Gasteiger partial charge in [-0.2, -0.15) is 0 Å². The topological polar surface area (TPSA) is 53.1 Å². The lowest BCUT2D eigenvalue weighted by Crippen LogP contribution is -2.53. The van der Waals surface area contributed by atoms with Crippen LogP contribution in [0.3, 0.4) is 0 Å². The summed E-state index contributed by atoms with van der Waals surface area (Å²) in [6.45, 7) is 8.18. The van der Waals surface area contributed by atoms with E-state index in [1.807, 2.05) is 40.1 Å². The van der Waals surface area contributed by atoms with Gasteiger partial charge in [0.15, 0.2) is 0 Å². The highest BCUT2D eigenvalue weighted by molar-refractivity contribution is 5.85. The maximum absolute atomic E-state index is 13.7. The number of carbonyl (C=O) groups excluding carboxylic acids is 2. The Morgan fingerprint density at radius 3 is 2.45 bits per heavy atom. The SMILES string of the molecule is CCN1CC[C@]2(C(=O)N3CCOCC3)CCN(C(=O)Cc3ccccc3)CC[C@H]12. The molecule has 3 heterocycles. The summed E-state index contributed by atoms with van der Waals surface area (Å²) < 4.78 is 5.46. The Hall–Kier alpha value is -1.92. The zero-order valence-electron chi connectivity index (χ0n) is 17.5. The monoisotopic (exact) mass is 399 g/mol. The molecule has 1 aromatic rings. The van der Waals surface area contributed by atoms with Gasteiger partial charge in [-0.15, -0.1) is 0 Å². The molecule has 6 heteroatoms. The van der Waals surface area contributed by atoms with E-state index in [4.69, 9.17) is 4.74 Å². The smallest absolute Gasteiger partial charge is 0.230 e. The van der Waals surface area contributed by atoms with Crippen LogP contribution in [-0.4, -0.2) is 85.0 Å². The maximum Gasteiger partial charge on any atom is 0.230 e. The molecule has 0 aromatic heterocycles. The fraction of sp³-hybridized carbons (Fsp3) is 0.652. The minimum Gasteiger partial charge on any atom is -0.378 e. The highest BCUT2D eigenvalue weighted by atomic mass is 16.5. The molecule has 0 bridgehead atoms. The van der Waals surface area contributed by atoms with Gasteiger partial charge in [-0.05, 0) is 37.9 Å². The zero-order chi connectivity index (χ0) is 20.3. The van der Waals surface area contributed by atoms with Gasteiger partial charge in [0.25, 0.3) is 0 Å². The first-order valence-corrected chi connectivity index (χ1v) is 11.1. The number of nitrogens with zero attached hydrogens (tertiary/aromatic N) is 3. The fourth-order valence-electron chi connectivity index (χ4n) is 5.44. The molecule has 3 aliphatic rings. The Labute approximate surface area is 173 Å². The number of morpholine rings is 1. The Morgan fingerprint density at radius 2 is 1.72 bits per heavy atom. The number of amides is 2. The van der Waals surface area contributed by atoms with Crippen molar-refractivity contribution in [3.63, 3.8) is 0 Å². The summed E-state index contributed by atoms with van der Waals surface area (Å²) in [4.78, 5) is 33.1. The van der Waals surface area contributed by atoms with Crippen molar-refractivity contribution < 1.29 is 14.3 Å². The molecule has 1 aromatic carbocycles. The van der Waals surface area contributed by atoms with Gasteiger partial charge < -0.3 is 14.5 Å². The van der Waals surface area contributed by atoms with Gasteiger partial charge in [-0.25, -0.2) is 0 Å². The van der Waals surface area contributed by atoms with Crippen LogP contribution in [0.5, 0.6) is 0 Å². The van der Waals surface area contributed by atoms with E-state index in [1.54, 1.807) is 0 Å². The molecule has 0 unspecified atom stereocenters. The van der Waals surface area contributed by atoms with Gasteiger partial charge in [0.2, 0.25) is 11.8 Å². The third-order valence-electron chi connectivity index (χ3n) is 7.11. The largest absolute Gasteiger partial charge is 0.378 e. The van der Waals surface area contributed by atoms with Crippen LogP contribution in [0.1, 0.15) is 31.7 Å². The van der Waals surface area contributed by atoms with Crippen LogP contribution in [-0.2, 0) is 20.7 Å². The van der Waals surface area contributed by atoms with E-state index in [0.717, 1.165) is 44.5 Å². The molecular weight excluding hydrogens is 366 g/mol. The van der Waals surface area contributed by atoms with E-state index < -0.39 is 0 Å². The first kappa shape index (κ1) is 20.4. The molecule has 158 valence electrons. The van der Waals surface area contributed by atoms with Crippen molar-refractivity contribution in [2.75, 3.05) is 52.5 Å². The summed E-state index contributed by atoms with van der Waals surface area (Å²) in [5.41, 5.74) is 0.700. The van der Waals surface area contributed by atoms with Gasteiger partial charge in [0, 0.05) is 32.2 Å². The lowest BCUT2D eigenvalue weighted by Gasteiger charge is -2.40. The van der Waals surface area contributed by atoms with Gasteiger partial charge in [-0.3, -0.25) is 14.5 Å². The van der Waals surface area contributed by atoms with Crippen molar-refractivity contribution in [2.24, 2.45) is 5.41 Å². The second-order valence-corrected chi connectivity index (χ2v) is 8.54. The van der Waals surface area contributed by atoms with E-state index in [9.17, 15) is 9.59 Å². The van der Waals surface area contributed by atoms with Crippen molar-refractivity contribution in [2.45, 2.75) is 38.6 Å². The Morgan fingerprint density at radius 1 is 1.00 bits per heavy atom. The minimum atomic E-state index is -0.352. The van der Waals surface area contributed by atoms with Crippen LogP contribution < -0.4 is 0 Å². The predicted molar refractivity (Wildman–Crippen MR) is 111 cm³/mol. The maximum atomic E-state index is 13.7. The molecule has 2 atom stereocenters. The Bertz CT molecular complexity index is 719. The molecule has 0 spiro atoms. The predicted octanol–water partition coefficient (Wildman–Crippen LogP) is 1.79. The van der Waals surface area contributed by atoms with Crippen LogP contribution in [0.4, 0.5) is 0 Å². The first-order chi connectivity index (χ1) is 14.1. The Balaban J connectivity index is 1.50. The number of hydrogen-bond donors (Lipinski definition) is 0. The van der Waals surface area contributed by atoms with Crippen molar-refractivity contribution in [3.8, 4) is 0 Å². The average Bonchev–Trinajstić information content (AvgIpc) is 3.01. The molecule has 2 amide bonds. The van der Waals surface area contributed by atoms with Gasteiger partial charge >= 0.3 is 0 Å². The second kappa shape index (κ2) is 8.84. The van der Waals surface area contributed by atoms with Crippen molar-refractivity contribution >= 4 is 11.8 Å². The molecular formula is C23H33N3O3. The van der Waals surface area contributed by atoms with Crippen LogP contribution in [0.2, 0.25) is 0 Å². The van der Waals surface area contributed by atoms with E-state index in [2.05, 4.69) is 11.8 Å². The number of ether oxygens (including phenoxy) is 1. The van der Waals surface area contributed by atoms with Crippen molar-refractivity contribution in [1.82, 2.24) is 14.7 Å². The molecule has 3 aliphatic heterocycles. The third-order valence-corrected chi connectivity index (χ3v) is 7.11. The highest BCUT2D eigenvalue weighted by Gasteiger charge is 2.54. The van der Waals surface area contributed by atoms with Crippen molar-refractivity contribution in [3.05, 3.63) is 35.9 Å². The van der Waals surface area contributed by atoms with E-state index in [0.29, 0.717) is 45.2 Å². The van der Waals surface area contributed by atoms with Crippen molar-refractivity contribution in [1.29, 1.82) is 0 Å². The number of benzene rings is 1. The highest BCUT2D eigenvalue weighted by Crippen LogP contribution is 2.45. The summed E-state index contributed by atoms with van der Waals surface area (Å²) in [5, 5.41) is 0. The molecule has 0 aliphatic carbocycles. The number of likely N-dealkylation sites (tertiary alicyclic amines) is 2. The molecule has 3 saturated heterocycles. The summed E-state index contributed by atoms with van der Waals surface area (Å²) in [5.74, 6) is 0.465. The van der Waals surface area contributed by atoms with Gasteiger partial charge in [-0.1, -0.05) is 37.3 Å². The second-order valence-electron chi connectivity index (χ2n) is 8.54. The summed E-state index contributed by atoms with van der Waals surface area (Å²) in [7, 11) is 0. The molecule has 0 radical (unpaired) electrons. The van der Waals surface area contributed by atoms with E-state index >= 15 is 0 Å². The summed E-state index contributed by atoms with van der Waals surface area (Å²) in [6.07, 6.45) is 2.99. The quantitative estimate of drug-likeness (QED) is 0.775. The van der Waals surface area contributed by atoms with Crippen LogP contribution in [0.25, 0.3) is 0 Å². The normalized spacial score (nSPS) is 28.1. The molecule has 4 rings (SSSR count). The van der Waals surface area contributed by atoms with Crippen LogP contribution >= 0.6 is 0 Å². The first-order valence-electron chi connectivity index (χ1n) is 11.1. The van der Waals surface area contributed by atoms with Gasteiger partial charge in [0.05, 0.1) is 25.0 Å². The molecule has 3 fully saturated rings. The molecule has 0 saturated carbocycles. The minimum absolute atomic E-state index is 0.174. The fourth-order valence-corrected chi connectivity index (χ4v) is 5.44. The molecule has 6 nitrogen and oxygen atoms in total. The molecule has 29 heavy (non-hydrogen) atoms. The summed E-state index contributed by atoms with van der Waals surface area (Å²) >= 11 is 0.